The molecule has 0 aliphatic carbocycles. The number of benzene rings is 2. The van der Waals surface area contributed by atoms with E-state index in [1.165, 1.54) is 22.5 Å². The van der Waals surface area contributed by atoms with Crippen molar-refractivity contribution in [3.63, 3.8) is 0 Å². The molecule has 0 radical (unpaired) electrons. The van der Waals surface area contributed by atoms with E-state index < -0.39 is 0 Å². The van der Waals surface area contributed by atoms with Crippen LogP contribution in [-0.2, 0) is 12.8 Å². The van der Waals surface area contributed by atoms with E-state index in [0.717, 1.165) is 32.5 Å². The molecule has 0 saturated carbocycles. The summed E-state index contributed by atoms with van der Waals surface area (Å²) in [5.41, 5.74) is 6.07. The molecule has 0 N–H and O–H groups in total. The molecule has 2 unspecified atom stereocenters. The van der Waals surface area contributed by atoms with Crippen molar-refractivity contribution in [2.75, 3.05) is 36.5 Å². The molecule has 0 aromatic heterocycles. The van der Waals surface area contributed by atoms with Crippen LogP contribution in [0.2, 0.25) is 0 Å². The van der Waals surface area contributed by atoms with Crippen LogP contribution in [0.4, 0.5) is 11.4 Å². The van der Waals surface area contributed by atoms with Gasteiger partial charge in [0.25, 0.3) is 0 Å². The highest BCUT2D eigenvalue weighted by molar-refractivity contribution is 5.55. The Hall–Kier alpha value is -1.96. The highest BCUT2D eigenvalue weighted by Crippen LogP contribution is 2.42. The molecule has 2 heteroatoms. The van der Waals surface area contributed by atoms with E-state index in [1.54, 1.807) is 0 Å². The highest BCUT2D eigenvalue weighted by Gasteiger charge is 2.41. The van der Waals surface area contributed by atoms with Crippen molar-refractivity contribution < 1.29 is 0 Å². The van der Waals surface area contributed by atoms with Gasteiger partial charge in [0.1, 0.15) is 0 Å². The summed E-state index contributed by atoms with van der Waals surface area (Å²) >= 11 is 0. The second-order valence-electron chi connectivity index (χ2n) is 9.17. The van der Waals surface area contributed by atoms with Crippen molar-refractivity contribution in [1.82, 2.24) is 0 Å². The second-order valence-corrected chi connectivity index (χ2v) is 9.17. The first kappa shape index (κ1) is 20.8. The molecular formula is C26H38N2. The standard InChI is InChI=1S/C26H38N2/c1-7-21-13-9-11-15-24(21)27(6)18-23-19-28(17-20(3)26(23,4)5)25-16-12-10-14-22(25)8-2/h9-16,20,23H,7-8,17-19H2,1-6H3. The van der Waals surface area contributed by atoms with Gasteiger partial charge in [0, 0.05) is 38.1 Å². The van der Waals surface area contributed by atoms with Crippen LogP contribution >= 0.6 is 0 Å². The smallest absolute Gasteiger partial charge is 0.0398 e. The van der Waals surface area contributed by atoms with Crippen LogP contribution in [0, 0.1) is 17.3 Å². The molecule has 0 spiro atoms. The Labute approximate surface area is 172 Å². The molecule has 0 amide bonds. The number of piperidine rings is 1. The summed E-state index contributed by atoms with van der Waals surface area (Å²) in [6, 6.07) is 17.8. The van der Waals surface area contributed by atoms with Crippen LogP contribution in [0.3, 0.4) is 0 Å². The predicted octanol–water partition coefficient (Wildman–Crippen LogP) is 6.05. The molecule has 1 aliphatic rings. The molecule has 2 atom stereocenters. The first-order valence-corrected chi connectivity index (χ1v) is 11.0. The molecule has 1 aliphatic heterocycles. The lowest BCUT2D eigenvalue weighted by Crippen LogP contribution is -2.53. The normalized spacial score (nSPS) is 21.6. The SMILES string of the molecule is CCc1ccccc1N(C)CC1CN(c2ccccc2CC)CC(C)C1(C)C. The maximum absolute atomic E-state index is 2.65. The fourth-order valence-corrected chi connectivity index (χ4v) is 4.76. The topological polar surface area (TPSA) is 6.48 Å². The number of hydrogen-bond donors (Lipinski definition) is 0. The van der Waals surface area contributed by atoms with Crippen molar-refractivity contribution in [3.8, 4) is 0 Å². The third kappa shape index (κ3) is 4.06. The Balaban J connectivity index is 1.85. The molecule has 1 saturated heterocycles. The van der Waals surface area contributed by atoms with E-state index >= 15 is 0 Å². The molecule has 1 fully saturated rings. The molecule has 2 nitrogen and oxygen atoms in total. The molecular weight excluding hydrogens is 340 g/mol. The van der Waals surface area contributed by atoms with Gasteiger partial charge >= 0.3 is 0 Å². The number of nitrogens with zero attached hydrogens (tertiary/aromatic N) is 2. The summed E-state index contributed by atoms with van der Waals surface area (Å²) in [4.78, 5) is 5.15. The minimum Gasteiger partial charge on any atom is -0.374 e. The molecule has 2 aromatic carbocycles. The van der Waals surface area contributed by atoms with Gasteiger partial charge in [0.05, 0.1) is 0 Å². The van der Waals surface area contributed by atoms with E-state index in [4.69, 9.17) is 0 Å². The Morgan fingerprint density at radius 3 is 2.21 bits per heavy atom. The van der Waals surface area contributed by atoms with E-state index in [-0.39, 0.29) is 0 Å². The third-order valence-electron chi connectivity index (χ3n) is 7.25. The van der Waals surface area contributed by atoms with Gasteiger partial charge < -0.3 is 9.80 Å². The molecule has 3 rings (SSSR count). The molecule has 1 heterocycles. The quantitative estimate of drug-likeness (QED) is 0.604. The zero-order valence-corrected chi connectivity index (χ0v) is 18.7. The van der Waals surface area contributed by atoms with Crippen LogP contribution < -0.4 is 9.80 Å². The second kappa shape index (κ2) is 8.59. The number of para-hydroxylation sites is 2. The first-order chi connectivity index (χ1) is 13.4. The molecule has 152 valence electrons. The van der Waals surface area contributed by atoms with Crippen molar-refractivity contribution in [1.29, 1.82) is 0 Å². The van der Waals surface area contributed by atoms with Crippen molar-refractivity contribution in [2.45, 2.75) is 47.5 Å². The van der Waals surface area contributed by atoms with Gasteiger partial charge in [-0.2, -0.15) is 0 Å². The molecule has 2 aromatic rings. The maximum atomic E-state index is 2.65. The Morgan fingerprint density at radius 1 is 0.929 bits per heavy atom. The summed E-state index contributed by atoms with van der Waals surface area (Å²) in [5.74, 6) is 1.28. The largest absolute Gasteiger partial charge is 0.374 e. The fraction of sp³-hybridized carbons (Fsp3) is 0.538. The van der Waals surface area contributed by atoms with Crippen LogP contribution in [0.5, 0.6) is 0 Å². The number of aryl methyl sites for hydroxylation is 2. The van der Waals surface area contributed by atoms with Gasteiger partial charge in [-0.05, 0) is 53.4 Å². The monoisotopic (exact) mass is 378 g/mol. The third-order valence-corrected chi connectivity index (χ3v) is 7.25. The van der Waals surface area contributed by atoms with Gasteiger partial charge in [-0.15, -0.1) is 0 Å². The summed E-state index contributed by atoms with van der Waals surface area (Å²) in [6.45, 7) is 15.3. The van der Waals surface area contributed by atoms with Gasteiger partial charge in [-0.1, -0.05) is 71.0 Å². The minimum atomic E-state index is 0.326. The van der Waals surface area contributed by atoms with Gasteiger partial charge in [0.2, 0.25) is 0 Å². The predicted molar refractivity (Wildman–Crippen MR) is 124 cm³/mol. The van der Waals surface area contributed by atoms with E-state index in [9.17, 15) is 0 Å². The van der Waals surface area contributed by atoms with Gasteiger partial charge in [0.15, 0.2) is 0 Å². The molecule has 0 bridgehead atoms. The fourth-order valence-electron chi connectivity index (χ4n) is 4.76. The highest BCUT2D eigenvalue weighted by atomic mass is 15.2. The average Bonchev–Trinajstić information content (AvgIpc) is 2.71. The summed E-state index contributed by atoms with van der Waals surface area (Å²) in [5, 5.41) is 0. The Morgan fingerprint density at radius 2 is 1.54 bits per heavy atom. The Kier molecular flexibility index (Phi) is 6.37. The minimum absolute atomic E-state index is 0.326. The number of anilines is 2. The van der Waals surface area contributed by atoms with Crippen LogP contribution in [0.15, 0.2) is 48.5 Å². The van der Waals surface area contributed by atoms with Crippen LogP contribution in [0.1, 0.15) is 45.7 Å². The lowest BCUT2D eigenvalue weighted by Gasteiger charge is -2.50. The van der Waals surface area contributed by atoms with Crippen molar-refractivity contribution >= 4 is 11.4 Å². The zero-order chi connectivity index (χ0) is 20.3. The average molecular weight is 379 g/mol. The van der Waals surface area contributed by atoms with Crippen LogP contribution in [0.25, 0.3) is 0 Å². The van der Waals surface area contributed by atoms with Gasteiger partial charge in [-0.3, -0.25) is 0 Å². The zero-order valence-electron chi connectivity index (χ0n) is 18.7. The summed E-state index contributed by atoms with van der Waals surface area (Å²) < 4.78 is 0. The summed E-state index contributed by atoms with van der Waals surface area (Å²) in [6.07, 6.45) is 2.18. The van der Waals surface area contributed by atoms with Crippen molar-refractivity contribution in [3.05, 3.63) is 59.7 Å². The lowest BCUT2D eigenvalue weighted by atomic mass is 9.66. The first-order valence-electron chi connectivity index (χ1n) is 11.0. The van der Waals surface area contributed by atoms with Crippen LogP contribution in [-0.4, -0.2) is 26.7 Å². The van der Waals surface area contributed by atoms with E-state index in [2.05, 4.69) is 100.0 Å². The molecule has 28 heavy (non-hydrogen) atoms. The van der Waals surface area contributed by atoms with Crippen molar-refractivity contribution in [2.24, 2.45) is 17.3 Å². The lowest BCUT2D eigenvalue weighted by molar-refractivity contribution is 0.107. The van der Waals surface area contributed by atoms with Gasteiger partial charge in [-0.25, -0.2) is 0 Å². The number of hydrogen-bond acceptors (Lipinski definition) is 2. The Bertz CT molecular complexity index is 778. The van der Waals surface area contributed by atoms with E-state index in [1.807, 2.05) is 0 Å². The maximum Gasteiger partial charge on any atom is 0.0398 e. The number of rotatable bonds is 6. The van der Waals surface area contributed by atoms with E-state index in [0.29, 0.717) is 17.3 Å². The summed E-state index contributed by atoms with van der Waals surface area (Å²) in [7, 11) is 2.27.